The van der Waals surface area contributed by atoms with E-state index in [-0.39, 0.29) is 55.8 Å². The van der Waals surface area contributed by atoms with Gasteiger partial charge in [-0.25, -0.2) is 9.18 Å². The molecule has 4 atom stereocenters. The lowest BCUT2D eigenvalue weighted by Crippen LogP contribution is -2.67. The summed E-state index contributed by atoms with van der Waals surface area (Å²) in [6, 6.07) is 23.6. The summed E-state index contributed by atoms with van der Waals surface area (Å²) in [5, 5.41) is 3.20. The highest BCUT2D eigenvalue weighted by molar-refractivity contribution is 9.10. The normalized spacial score (nSPS) is 24.0. The predicted molar refractivity (Wildman–Crippen MR) is 230 cm³/mol. The molecule has 0 aliphatic carbocycles. The van der Waals surface area contributed by atoms with Crippen molar-refractivity contribution in [3.63, 3.8) is 0 Å². The SMILES string of the molecule is CC(C)(C)OC(=O)N1C2CCC1CN(c1nc(OC[C@]34CCCN3[C@H](CO[Si](c3ccccc3)(c3ccccc3)C(C)(C)C)CC4)nc3c(F)c(Br)c(Cl)cc13)C2. The van der Waals surface area contributed by atoms with Gasteiger partial charge in [0.2, 0.25) is 0 Å². The number of aromatic nitrogens is 2. The van der Waals surface area contributed by atoms with E-state index in [1.807, 2.05) is 25.7 Å². The van der Waals surface area contributed by atoms with Gasteiger partial charge in [-0.05, 0) is 103 Å². The fourth-order valence-corrected chi connectivity index (χ4v) is 15.2. The van der Waals surface area contributed by atoms with Crippen LogP contribution in [0.1, 0.15) is 80.1 Å². The number of nitrogens with zero attached hydrogens (tertiary/aromatic N) is 5. The van der Waals surface area contributed by atoms with E-state index in [4.69, 9.17) is 30.5 Å². The maximum absolute atomic E-state index is 16.0. The van der Waals surface area contributed by atoms with Crippen molar-refractivity contribution in [2.75, 3.05) is 37.7 Å². The summed E-state index contributed by atoms with van der Waals surface area (Å²) in [5.74, 6) is 0.0104. The number of rotatable bonds is 9. The van der Waals surface area contributed by atoms with Gasteiger partial charge in [-0.1, -0.05) is 93.0 Å². The van der Waals surface area contributed by atoms with E-state index in [9.17, 15) is 4.79 Å². The molecule has 0 N–H and O–H groups in total. The van der Waals surface area contributed by atoms with Crippen molar-refractivity contribution in [1.82, 2.24) is 19.8 Å². The molecule has 4 aliphatic rings. The number of halogens is 3. The molecule has 5 heterocycles. The summed E-state index contributed by atoms with van der Waals surface area (Å²) >= 11 is 9.87. The van der Waals surface area contributed by atoms with E-state index in [1.165, 1.54) is 10.4 Å². The maximum Gasteiger partial charge on any atom is 0.410 e. The second-order valence-corrected chi connectivity index (χ2v) is 23.9. The zero-order valence-electron chi connectivity index (χ0n) is 33.9. The lowest BCUT2D eigenvalue weighted by molar-refractivity contribution is 0.0122. The van der Waals surface area contributed by atoms with Crippen LogP contribution in [0.25, 0.3) is 10.9 Å². The molecule has 1 amide bonds. The van der Waals surface area contributed by atoms with Crippen LogP contribution in [-0.2, 0) is 9.16 Å². The minimum absolute atomic E-state index is 0.0591. The first-order chi connectivity index (χ1) is 27.1. The Morgan fingerprint density at radius 2 is 1.58 bits per heavy atom. The highest BCUT2D eigenvalue weighted by atomic mass is 79.9. The van der Waals surface area contributed by atoms with Crippen LogP contribution in [0.5, 0.6) is 6.01 Å². The van der Waals surface area contributed by atoms with Crippen LogP contribution < -0.4 is 20.0 Å². The summed E-state index contributed by atoms with van der Waals surface area (Å²) < 4.78 is 36.0. The van der Waals surface area contributed by atoms with Gasteiger partial charge in [-0.3, -0.25) is 9.80 Å². The van der Waals surface area contributed by atoms with Crippen LogP contribution in [0.3, 0.4) is 0 Å². The Balaban J connectivity index is 1.05. The second-order valence-electron chi connectivity index (χ2n) is 18.4. The van der Waals surface area contributed by atoms with Crippen molar-refractivity contribution in [1.29, 1.82) is 0 Å². The number of ether oxygens (including phenoxy) is 2. The molecule has 0 radical (unpaired) electrons. The number of benzene rings is 3. The summed E-state index contributed by atoms with van der Waals surface area (Å²) in [6.45, 7) is 15.7. The zero-order valence-corrected chi connectivity index (χ0v) is 37.2. The molecule has 1 aromatic heterocycles. The Hall–Kier alpha value is -3.29. The molecule has 0 saturated carbocycles. The molecule has 13 heteroatoms. The molecule has 57 heavy (non-hydrogen) atoms. The zero-order chi connectivity index (χ0) is 40.3. The predicted octanol–water partition coefficient (Wildman–Crippen LogP) is 8.73. The fourth-order valence-electron chi connectivity index (χ4n) is 10.1. The van der Waals surface area contributed by atoms with Crippen molar-refractivity contribution in [3.05, 3.63) is 82.0 Å². The highest BCUT2D eigenvalue weighted by Crippen LogP contribution is 2.45. The van der Waals surface area contributed by atoms with Gasteiger partial charge in [0.15, 0.2) is 5.82 Å². The number of anilines is 1. The fraction of sp³-hybridized carbons (Fsp3) is 0.523. The maximum atomic E-state index is 16.0. The smallest absolute Gasteiger partial charge is 0.410 e. The minimum atomic E-state index is -2.71. The van der Waals surface area contributed by atoms with Crippen LogP contribution in [0, 0.1) is 5.82 Å². The molecule has 9 nitrogen and oxygen atoms in total. The van der Waals surface area contributed by atoms with Crippen molar-refractivity contribution < 1.29 is 23.1 Å². The van der Waals surface area contributed by atoms with E-state index in [0.29, 0.717) is 37.5 Å². The molecule has 4 aliphatic heterocycles. The molecule has 3 aromatic carbocycles. The number of fused-ring (bicyclic) bond motifs is 4. The van der Waals surface area contributed by atoms with Gasteiger partial charge in [0, 0.05) is 24.5 Å². The summed E-state index contributed by atoms with van der Waals surface area (Å²) in [4.78, 5) is 29.6. The van der Waals surface area contributed by atoms with Gasteiger partial charge in [0.05, 0.1) is 33.7 Å². The van der Waals surface area contributed by atoms with Gasteiger partial charge in [0.1, 0.15) is 23.5 Å². The Bertz CT molecular complexity index is 2070. The largest absolute Gasteiger partial charge is 0.461 e. The Labute approximate surface area is 350 Å². The van der Waals surface area contributed by atoms with Crippen molar-refractivity contribution >= 4 is 69.0 Å². The molecule has 4 aromatic rings. The van der Waals surface area contributed by atoms with Gasteiger partial charge in [-0.15, -0.1) is 0 Å². The molecule has 2 bridgehead atoms. The summed E-state index contributed by atoms with van der Waals surface area (Å²) in [6.07, 6.45) is 5.43. The highest BCUT2D eigenvalue weighted by Gasteiger charge is 2.54. The van der Waals surface area contributed by atoms with E-state index in [2.05, 4.69) is 112 Å². The Morgan fingerprint density at radius 3 is 2.18 bits per heavy atom. The van der Waals surface area contributed by atoms with Crippen LogP contribution in [0.4, 0.5) is 15.0 Å². The Morgan fingerprint density at radius 1 is 0.947 bits per heavy atom. The van der Waals surface area contributed by atoms with Crippen LogP contribution in [-0.4, -0.2) is 96.3 Å². The van der Waals surface area contributed by atoms with Crippen molar-refractivity contribution in [3.8, 4) is 6.01 Å². The van der Waals surface area contributed by atoms with Gasteiger partial charge in [0.25, 0.3) is 8.32 Å². The molecule has 304 valence electrons. The van der Waals surface area contributed by atoms with Gasteiger partial charge in [-0.2, -0.15) is 9.97 Å². The summed E-state index contributed by atoms with van der Waals surface area (Å²) in [5.41, 5.74) is -0.638. The average molecular weight is 879 g/mol. The van der Waals surface area contributed by atoms with Crippen LogP contribution in [0.2, 0.25) is 10.1 Å². The lowest BCUT2D eigenvalue weighted by Gasteiger charge is -2.44. The number of hydrogen-bond donors (Lipinski definition) is 0. The van der Waals surface area contributed by atoms with E-state index >= 15 is 4.39 Å². The quantitative estimate of drug-likeness (QED) is 0.122. The van der Waals surface area contributed by atoms with E-state index in [1.54, 1.807) is 6.07 Å². The van der Waals surface area contributed by atoms with Gasteiger partial charge < -0.3 is 18.8 Å². The number of hydrogen-bond acceptors (Lipinski definition) is 8. The summed E-state index contributed by atoms with van der Waals surface area (Å²) in [7, 11) is -2.71. The first-order valence-corrected chi connectivity index (χ1v) is 23.4. The standard InChI is InChI=1S/C44H54BrClFN5O4Si/c1-42(2,3)56-41(53)52-29-18-19-30(52)26-50(25-29)39-34-24-35(46)36(45)37(47)38(34)48-40(49-39)54-28-44-21-13-23-51(44)31(20-22-44)27-55-57(43(4,5)6,32-14-9-7-10-15-32)33-16-11-8-12-17-33/h7-12,14-17,24,29-31H,13,18-23,25-28H2,1-6H3/t29?,30?,31-,44+/m0/s1. The number of carbonyl (C=O) groups excluding carboxylic acids is 1. The van der Waals surface area contributed by atoms with E-state index < -0.39 is 19.7 Å². The van der Waals surface area contributed by atoms with Crippen LogP contribution >= 0.6 is 27.5 Å². The third kappa shape index (κ3) is 7.47. The molecule has 0 spiro atoms. The molecular weight excluding hydrogens is 825 g/mol. The monoisotopic (exact) mass is 877 g/mol. The minimum Gasteiger partial charge on any atom is -0.461 e. The molecule has 2 unspecified atom stereocenters. The van der Waals surface area contributed by atoms with E-state index in [0.717, 1.165) is 45.1 Å². The van der Waals surface area contributed by atoms with Crippen molar-refractivity contribution in [2.45, 2.75) is 114 Å². The molecule has 8 rings (SSSR count). The molecule has 4 fully saturated rings. The van der Waals surface area contributed by atoms with Gasteiger partial charge >= 0.3 is 12.1 Å². The third-order valence-electron chi connectivity index (χ3n) is 12.6. The number of carbonyl (C=O) groups is 1. The van der Waals surface area contributed by atoms with Crippen LogP contribution in [0.15, 0.2) is 71.2 Å². The number of piperazine rings is 1. The average Bonchev–Trinajstić information content (AvgIpc) is 3.82. The lowest BCUT2D eigenvalue weighted by atomic mass is 9.95. The third-order valence-corrected chi connectivity index (χ3v) is 18.9. The van der Waals surface area contributed by atoms with Crippen molar-refractivity contribution in [2.24, 2.45) is 0 Å². The molecular formula is C44H54BrClFN5O4Si. The Kier molecular flexibility index (Phi) is 10.9. The number of amides is 1. The molecule has 4 saturated heterocycles. The topological polar surface area (TPSA) is 80.3 Å². The second kappa shape index (κ2) is 15.4. The first kappa shape index (κ1) is 40.5. The first-order valence-electron chi connectivity index (χ1n) is 20.4.